The number of halogens is 3. The van der Waals surface area contributed by atoms with Gasteiger partial charge in [0.2, 0.25) is 0 Å². The number of amides is 1. The fraction of sp³-hybridized carbons (Fsp3) is 0.529. The van der Waals surface area contributed by atoms with Gasteiger partial charge < -0.3 is 9.84 Å². The number of carbonyl (C=O) groups excluding carboxylic acids is 1. The molecule has 0 bridgehead atoms. The van der Waals surface area contributed by atoms with Crippen LogP contribution in [0.1, 0.15) is 26.2 Å². The van der Waals surface area contributed by atoms with Crippen molar-refractivity contribution in [1.82, 2.24) is 5.01 Å². The lowest BCUT2D eigenvalue weighted by atomic mass is 9.75. The lowest BCUT2D eigenvalue weighted by Gasteiger charge is -2.38. The van der Waals surface area contributed by atoms with Gasteiger partial charge in [0.15, 0.2) is 6.61 Å². The van der Waals surface area contributed by atoms with E-state index in [1.807, 2.05) is 0 Å². The summed E-state index contributed by atoms with van der Waals surface area (Å²) in [4.78, 5) is 12.4. The number of hydrazone groups is 1. The molecule has 3 rings (SSSR count). The van der Waals surface area contributed by atoms with Gasteiger partial charge >= 0.3 is 6.18 Å². The van der Waals surface area contributed by atoms with Crippen molar-refractivity contribution in [3.05, 3.63) is 30.3 Å². The lowest BCUT2D eigenvalue weighted by molar-refractivity contribution is -0.317. The van der Waals surface area contributed by atoms with E-state index in [0.29, 0.717) is 18.6 Å². The fourth-order valence-electron chi connectivity index (χ4n) is 3.47. The Morgan fingerprint density at radius 2 is 2.04 bits per heavy atom. The Kier molecular flexibility index (Phi) is 4.49. The SMILES string of the molecule is C[C@@H]1CCC[C@H]2C1=NN(C(=O)COc1ccccc1)[C@@]2(O)C(F)(F)F. The Hall–Kier alpha value is -2.09. The van der Waals surface area contributed by atoms with Crippen molar-refractivity contribution in [2.75, 3.05) is 6.61 Å². The Morgan fingerprint density at radius 3 is 2.68 bits per heavy atom. The monoisotopic (exact) mass is 356 g/mol. The van der Waals surface area contributed by atoms with Gasteiger partial charge in [-0.1, -0.05) is 31.5 Å². The van der Waals surface area contributed by atoms with Crippen molar-refractivity contribution in [3.63, 3.8) is 0 Å². The average Bonchev–Trinajstić information content (AvgIpc) is 2.89. The molecule has 1 aromatic rings. The number of fused-ring (bicyclic) bond motifs is 1. The summed E-state index contributed by atoms with van der Waals surface area (Å²) < 4.78 is 46.2. The van der Waals surface area contributed by atoms with Crippen LogP contribution in [0.15, 0.2) is 35.4 Å². The zero-order chi connectivity index (χ0) is 18.2. The zero-order valence-corrected chi connectivity index (χ0v) is 13.7. The Labute approximate surface area is 143 Å². The van der Waals surface area contributed by atoms with Crippen LogP contribution in [0.4, 0.5) is 13.2 Å². The van der Waals surface area contributed by atoms with Gasteiger partial charge in [0.25, 0.3) is 11.6 Å². The number of ether oxygens (including phenoxy) is 1. The van der Waals surface area contributed by atoms with Crippen LogP contribution in [0.5, 0.6) is 5.75 Å². The van der Waals surface area contributed by atoms with Crippen LogP contribution in [0.25, 0.3) is 0 Å². The van der Waals surface area contributed by atoms with Gasteiger partial charge in [-0.2, -0.15) is 23.3 Å². The predicted octanol–water partition coefficient (Wildman–Crippen LogP) is 2.95. The second-order valence-electron chi connectivity index (χ2n) is 6.44. The Balaban J connectivity index is 1.85. The third-order valence-corrected chi connectivity index (χ3v) is 4.78. The van der Waals surface area contributed by atoms with Crippen LogP contribution in [0, 0.1) is 11.8 Å². The van der Waals surface area contributed by atoms with Gasteiger partial charge in [0.1, 0.15) is 5.75 Å². The minimum atomic E-state index is -5.01. The zero-order valence-electron chi connectivity index (χ0n) is 13.7. The maximum atomic E-state index is 13.7. The summed E-state index contributed by atoms with van der Waals surface area (Å²) in [5.74, 6) is -2.11. The number of alkyl halides is 3. The van der Waals surface area contributed by atoms with Crippen molar-refractivity contribution in [2.24, 2.45) is 16.9 Å². The van der Waals surface area contributed by atoms with Crippen LogP contribution in [0.2, 0.25) is 0 Å². The normalized spacial score (nSPS) is 29.2. The smallest absolute Gasteiger partial charge is 0.439 e. The second-order valence-corrected chi connectivity index (χ2v) is 6.44. The number of hydrogen-bond donors (Lipinski definition) is 1. The highest BCUT2D eigenvalue weighted by atomic mass is 19.4. The molecule has 1 saturated carbocycles. The van der Waals surface area contributed by atoms with E-state index in [9.17, 15) is 23.1 Å². The van der Waals surface area contributed by atoms with E-state index in [-0.39, 0.29) is 23.1 Å². The quantitative estimate of drug-likeness (QED) is 0.906. The largest absolute Gasteiger partial charge is 0.484 e. The van der Waals surface area contributed by atoms with Crippen LogP contribution in [-0.4, -0.2) is 40.2 Å². The molecule has 3 atom stereocenters. The highest BCUT2D eigenvalue weighted by Crippen LogP contribution is 2.49. The summed E-state index contributed by atoms with van der Waals surface area (Å²) in [5, 5.41) is 14.5. The van der Waals surface area contributed by atoms with Crippen molar-refractivity contribution in [1.29, 1.82) is 0 Å². The fourth-order valence-corrected chi connectivity index (χ4v) is 3.47. The van der Waals surface area contributed by atoms with E-state index in [1.165, 1.54) is 0 Å². The number of carbonyl (C=O) groups is 1. The van der Waals surface area contributed by atoms with E-state index in [2.05, 4.69) is 5.10 Å². The summed E-state index contributed by atoms with van der Waals surface area (Å²) in [6.07, 6.45) is -3.64. The summed E-state index contributed by atoms with van der Waals surface area (Å²) in [5.41, 5.74) is -3.08. The molecule has 1 heterocycles. The number of rotatable bonds is 3. The Morgan fingerprint density at radius 1 is 1.36 bits per heavy atom. The standard InChI is InChI=1S/C17H19F3N2O3/c1-11-6-5-9-13-15(11)21-22(16(13,24)17(18,19)20)14(23)10-25-12-7-3-2-4-8-12/h2-4,7-8,11,13,24H,5-6,9-10H2,1H3/t11-,13+,16+/m1/s1. The van der Waals surface area contributed by atoms with Crippen LogP contribution in [0.3, 0.4) is 0 Å². The molecule has 1 aliphatic carbocycles. The van der Waals surface area contributed by atoms with E-state index in [0.717, 1.165) is 0 Å². The van der Waals surface area contributed by atoms with Crippen molar-refractivity contribution in [2.45, 2.75) is 38.1 Å². The molecule has 5 nitrogen and oxygen atoms in total. The van der Waals surface area contributed by atoms with E-state index >= 15 is 0 Å². The molecular weight excluding hydrogens is 337 g/mol. The third kappa shape index (κ3) is 2.99. The van der Waals surface area contributed by atoms with E-state index in [4.69, 9.17) is 4.74 Å². The Bertz CT molecular complexity index is 677. The molecule has 0 unspecified atom stereocenters. The van der Waals surface area contributed by atoms with Gasteiger partial charge in [-0.3, -0.25) is 4.79 Å². The molecule has 1 fully saturated rings. The summed E-state index contributed by atoms with van der Waals surface area (Å²) in [7, 11) is 0. The predicted molar refractivity (Wildman–Crippen MR) is 83.7 cm³/mol. The molecule has 25 heavy (non-hydrogen) atoms. The first-order chi connectivity index (χ1) is 11.7. The number of nitrogens with zero attached hydrogens (tertiary/aromatic N) is 2. The number of aliphatic hydroxyl groups is 1. The summed E-state index contributed by atoms with van der Waals surface area (Å²) in [6.45, 7) is 1.12. The number of hydrogen-bond acceptors (Lipinski definition) is 4. The van der Waals surface area contributed by atoms with Crippen molar-refractivity contribution >= 4 is 11.6 Å². The highest BCUT2D eigenvalue weighted by Gasteiger charge is 2.69. The average molecular weight is 356 g/mol. The van der Waals surface area contributed by atoms with E-state index in [1.54, 1.807) is 37.3 Å². The lowest BCUT2D eigenvalue weighted by Crippen LogP contribution is -2.62. The van der Waals surface area contributed by atoms with Crippen molar-refractivity contribution < 1.29 is 27.8 Å². The molecule has 1 amide bonds. The minimum absolute atomic E-state index is 0.141. The van der Waals surface area contributed by atoms with Crippen LogP contribution < -0.4 is 4.74 Å². The van der Waals surface area contributed by atoms with E-state index < -0.39 is 30.3 Å². The topological polar surface area (TPSA) is 62.1 Å². The first kappa shape index (κ1) is 17.7. The molecule has 0 radical (unpaired) electrons. The summed E-state index contributed by atoms with van der Waals surface area (Å²) >= 11 is 0. The molecule has 136 valence electrons. The van der Waals surface area contributed by atoms with Gasteiger partial charge in [0.05, 0.1) is 5.92 Å². The molecule has 0 spiro atoms. The third-order valence-electron chi connectivity index (χ3n) is 4.78. The molecule has 1 aromatic carbocycles. The second kappa shape index (κ2) is 6.33. The maximum Gasteiger partial charge on any atom is 0.439 e. The molecule has 2 aliphatic rings. The molecular formula is C17H19F3N2O3. The molecule has 1 aliphatic heterocycles. The molecule has 0 aromatic heterocycles. The highest BCUT2D eigenvalue weighted by molar-refractivity contribution is 5.95. The molecule has 0 saturated heterocycles. The van der Waals surface area contributed by atoms with Crippen LogP contribution >= 0.6 is 0 Å². The van der Waals surface area contributed by atoms with Gasteiger partial charge in [-0.05, 0) is 30.9 Å². The molecule has 8 heteroatoms. The van der Waals surface area contributed by atoms with Crippen LogP contribution in [-0.2, 0) is 4.79 Å². The first-order valence-corrected chi connectivity index (χ1v) is 8.13. The minimum Gasteiger partial charge on any atom is -0.484 e. The van der Waals surface area contributed by atoms with Gasteiger partial charge in [-0.25, -0.2) is 0 Å². The van der Waals surface area contributed by atoms with Crippen molar-refractivity contribution in [3.8, 4) is 5.75 Å². The number of para-hydroxylation sites is 1. The first-order valence-electron chi connectivity index (χ1n) is 8.13. The van der Waals surface area contributed by atoms with Gasteiger partial charge in [-0.15, -0.1) is 0 Å². The summed E-state index contributed by atoms with van der Waals surface area (Å²) in [6, 6.07) is 8.27. The van der Waals surface area contributed by atoms with Gasteiger partial charge in [0, 0.05) is 5.71 Å². The molecule has 1 N–H and O–H groups in total. The maximum absolute atomic E-state index is 13.7. The number of benzene rings is 1.